The lowest BCUT2D eigenvalue weighted by Crippen LogP contribution is -2.44. The summed E-state index contributed by atoms with van der Waals surface area (Å²) < 4.78 is 53.9. The highest BCUT2D eigenvalue weighted by Gasteiger charge is 2.29. The first-order chi connectivity index (χ1) is 17.8. The predicted octanol–water partition coefficient (Wildman–Crippen LogP) is 5.21. The van der Waals surface area contributed by atoms with Crippen molar-refractivity contribution in [3.05, 3.63) is 76.1 Å². The molecule has 7 nitrogen and oxygen atoms in total. The molecule has 11 heteroatoms. The highest BCUT2D eigenvalue weighted by Crippen LogP contribution is 2.28. The van der Waals surface area contributed by atoms with Crippen molar-refractivity contribution in [2.45, 2.75) is 37.7 Å². The molecule has 0 radical (unpaired) electrons. The number of piperazine rings is 1. The van der Waals surface area contributed by atoms with Crippen molar-refractivity contribution >= 4 is 38.8 Å². The third kappa shape index (κ3) is 6.59. The number of rotatable bonds is 7. The lowest BCUT2D eigenvalue weighted by molar-refractivity contribution is 0.311. The molecule has 0 bridgehead atoms. The fraction of sp³-hybridized carbons (Fsp3) is 0.407. The molecular weight excluding hydrogens is 532 g/mol. The number of nitrogens with one attached hydrogen (secondary N) is 1. The van der Waals surface area contributed by atoms with Crippen molar-refractivity contribution in [2.24, 2.45) is 0 Å². The molecule has 3 aromatic rings. The molecule has 0 atom stereocenters. The third-order valence-electron chi connectivity index (χ3n) is 6.62. The first-order valence-electron chi connectivity index (χ1n) is 12.3. The van der Waals surface area contributed by atoms with Crippen molar-refractivity contribution < 1.29 is 17.2 Å². The average molecular weight is 564 g/mol. The molecular formula is C27H32ClF2N5O2S. The Kier molecular flexibility index (Phi) is 8.25. The van der Waals surface area contributed by atoms with Crippen LogP contribution in [0.3, 0.4) is 0 Å². The van der Waals surface area contributed by atoms with Gasteiger partial charge in [-0.1, -0.05) is 23.7 Å². The fourth-order valence-corrected chi connectivity index (χ4v) is 5.41. The molecule has 1 aliphatic rings. The summed E-state index contributed by atoms with van der Waals surface area (Å²) >= 11 is 6.27. The fourth-order valence-electron chi connectivity index (χ4n) is 4.07. The van der Waals surface area contributed by atoms with Crippen LogP contribution in [-0.4, -0.2) is 61.3 Å². The van der Waals surface area contributed by atoms with E-state index in [2.05, 4.69) is 20.2 Å². The van der Waals surface area contributed by atoms with Gasteiger partial charge in [-0.25, -0.2) is 27.2 Å². The number of hydrogen-bond acceptors (Lipinski definition) is 7. The molecule has 4 rings (SSSR count). The normalized spacial score (nSPS) is 15.1. The van der Waals surface area contributed by atoms with Gasteiger partial charge in [-0.05, 0) is 63.2 Å². The Balaban J connectivity index is 1.51. The monoisotopic (exact) mass is 563 g/mol. The van der Waals surface area contributed by atoms with E-state index in [9.17, 15) is 17.2 Å². The van der Waals surface area contributed by atoms with Crippen LogP contribution in [0.2, 0.25) is 5.02 Å². The van der Waals surface area contributed by atoms with E-state index in [0.29, 0.717) is 27.5 Å². The predicted molar refractivity (Wildman–Crippen MR) is 148 cm³/mol. The van der Waals surface area contributed by atoms with E-state index in [1.165, 1.54) is 6.07 Å². The summed E-state index contributed by atoms with van der Waals surface area (Å²) in [5.41, 5.74) is 2.20. The maximum atomic E-state index is 14.9. The molecule has 0 unspecified atom stereocenters. The van der Waals surface area contributed by atoms with Crippen LogP contribution >= 0.6 is 11.6 Å². The second-order valence-electron chi connectivity index (χ2n) is 10.5. The van der Waals surface area contributed by atoms with Gasteiger partial charge in [0.15, 0.2) is 15.7 Å². The summed E-state index contributed by atoms with van der Waals surface area (Å²) in [6, 6.07) is 9.80. The highest BCUT2D eigenvalue weighted by molar-refractivity contribution is 7.91. The van der Waals surface area contributed by atoms with Crippen LogP contribution in [0, 0.1) is 11.6 Å². The largest absolute Gasteiger partial charge is 0.367 e. The summed E-state index contributed by atoms with van der Waals surface area (Å²) in [6.45, 7) is 8.14. The first kappa shape index (κ1) is 28.2. The minimum Gasteiger partial charge on any atom is -0.367 e. The summed E-state index contributed by atoms with van der Waals surface area (Å²) in [7, 11) is -1.42. The van der Waals surface area contributed by atoms with E-state index >= 15 is 0 Å². The lowest BCUT2D eigenvalue weighted by Gasteiger charge is -2.34. The molecule has 0 aliphatic carbocycles. The van der Waals surface area contributed by atoms with Gasteiger partial charge in [0.25, 0.3) is 0 Å². The Hall–Kier alpha value is -2.82. The van der Waals surface area contributed by atoms with Gasteiger partial charge in [-0.15, -0.1) is 0 Å². The summed E-state index contributed by atoms with van der Waals surface area (Å²) in [5, 5.41) is 3.28. The van der Waals surface area contributed by atoms with Gasteiger partial charge in [0.05, 0.1) is 28.1 Å². The quantitative estimate of drug-likeness (QED) is 0.423. The smallest absolute Gasteiger partial charge is 0.227 e. The van der Waals surface area contributed by atoms with Crippen LogP contribution < -0.4 is 10.2 Å². The minimum atomic E-state index is -3.46. The van der Waals surface area contributed by atoms with Crippen LogP contribution in [0.15, 0.2) is 42.6 Å². The van der Waals surface area contributed by atoms with Crippen molar-refractivity contribution in [3.8, 4) is 0 Å². The van der Waals surface area contributed by atoms with E-state index < -0.39 is 20.4 Å². The zero-order chi connectivity index (χ0) is 27.7. The topological polar surface area (TPSA) is 78.4 Å². The van der Waals surface area contributed by atoms with Gasteiger partial charge in [-0.3, -0.25) is 0 Å². The number of hydrogen-bond donors (Lipinski definition) is 1. The van der Waals surface area contributed by atoms with E-state index in [4.69, 9.17) is 11.6 Å². The van der Waals surface area contributed by atoms with Crippen LogP contribution in [0.25, 0.3) is 0 Å². The molecule has 1 aromatic heterocycles. The molecule has 38 heavy (non-hydrogen) atoms. The maximum Gasteiger partial charge on any atom is 0.227 e. The Labute approximate surface area is 227 Å². The van der Waals surface area contributed by atoms with Crippen molar-refractivity contribution in [3.63, 3.8) is 0 Å². The molecule has 2 heterocycles. The van der Waals surface area contributed by atoms with E-state index in [1.807, 2.05) is 11.9 Å². The second kappa shape index (κ2) is 11.1. The number of benzene rings is 2. The average Bonchev–Trinajstić information content (AvgIpc) is 2.83. The molecule has 0 saturated carbocycles. The Morgan fingerprint density at radius 2 is 1.74 bits per heavy atom. The van der Waals surface area contributed by atoms with Crippen molar-refractivity contribution in [2.75, 3.05) is 43.4 Å². The number of sulfone groups is 1. The molecule has 204 valence electrons. The van der Waals surface area contributed by atoms with Crippen LogP contribution in [0.1, 0.15) is 37.6 Å². The van der Waals surface area contributed by atoms with Gasteiger partial charge in [0, 0.05) is 43.3 Å². The van der Waals surface area contributed by atoms with Crippen molar-refractivity contribution in [1.29, 1.82) is 0 Å². The van der Waals surface area contributed by atoms with Crippen LogP contribution in [0.4, 0.5) is 26.1 Å². The number of nitrogens with zero attached hydrogens (tertiary/aromatic N) is 4. The first-order valence-corrected chi connectivity index (χ1v) is 14.4. The Bertz CT molecular complexity index is 1420. The summed E-state index contributed by atoms with van der Waals surface area (Å²) in [6.07, 6.45) is 1.15. The number of halogens is 3. The Morgan fingerprint density at radius 1 is 1.03 bits per heavy atom. The molecule has 1 saturated heterocycles. The van der Waals surface area contributed by atoms with Crippen molar-refractivity contribution in [1.82, 2.24) is 14.9 Å². The number of likely N-dealkylation sites (N-methyl/N-ethyl adjacent to an activating group) is 1. The van der Waals surface area contributed by atoms with Gasteiger partial charge in [0.1, 0.15) is 5.82 Å². The zero-order valence-corrected chi connectivity index (χ0v) is 23.5. The van der Waals surface area contributed by atoms with Crippen LogP contribution in [0.5, 0.6) is 0 Å². The Morgan fingerprint density at radius 3 is 2.39 bits per heavy atom. The van der Waals surface area contributed by atoms with Gasteiger partial charge >= 0.3 is 0 Å². The second-order valence-corrected chi connectivity index (χ2v) is 13.7. The summed E-state index contributed by atoms with van der Waals surface area (Å²) in [5.74, 6) is -1.07. The standard InChI is InChI=1S/C27H32ClF2N5O2S/c1-27(2,3)38(36,37)17-19-13-18(5-7-21(19)28)14-24-23(30)16-31-26(33-24)32-20-6-8-25(22(29)15-20)35-11-9-34(4)10-12-35/h5-8,13,15-16H,9-12,14,17H2,1-4H3,(H,31,32,33). The van der Waals surface area contributed by atoms with Gasteiger partial charge in [0.2, 0.25) is 5.95 Å². The molecule has 1 aliphatic heterocycles. The van der Waals surface area contributed by atoms with E-state index in [-0.39, 0.29) is 29.6 Å². The minimum absolute atomic E-state index is 0.0967. The molecule has 1 N–H and O–H groups in total. The van der Waals surface area contributed by atoms with Gasteiger partial charge in [-0.2, -0.15) is 0 Å². The number of anilines is 3. The van der Waals surface area contributed by atoms with Crippen LogP contribution in [-0.2, 0) is 22.0 Å². The SMILES string of the molecule is CN1CCN(c2ccc(Nc3ncc(F)c(Cc4ccc(Cl)c(CS(=O)(=O)C(C)(C)C)c4)n3)cc2F)CC1. The third-order valence-corrected chi connectivity index (χ3v) is 9.55. The zero-order valence-electron chi connectivity index (χ0n) is 21.9. The van der Waals surface area contributed by atoms with E-state index in [0.717, 1.165) is 32.4 Å². The molecule has 0 amide bonds. The number of aromatic nitrogens is 2. The molecule has 1 fully saturated rings. The lowest BCUT2D eigenvalue weighted by atomic mass is 10.1. The van der Waals surface area contributed by atoms with Gasteiger partial charge < -0.3 is 15.1 Å². The van der Waals surface area contributed by atoms with E-state index in [1.54, 1.807) is 51.1 Å². The summed E-state index contributed by atoms with van der Waals surface area (Å²) in [4.78, 5) is 12.5. The maximum absolute atomic E-state index is 14.9. The molecule has 0 spiro atoms. The molecule has 2 aromatic carbocycles. The highest BCUT2D eigenvalue weighted by atomic mass is 35.5.